The Balaban J connectivity index is 1.78. The van der Waals surface area contributed by atoms with E-state index in [1.54, 1.807) is 67.7 Å². The minimum Gasteiger partial charge on any atom is -0.497 e. The van der Waals surface area contributed by atoms with Crippen LogP contribution in [0.1, 0.15) is 51.1 Å². The molecular formula is C27H35N3O5. The molecule has 8 nitrogen and oxygen atoms in total. The molecule has 3 rings (SSSR count). The summed E-state index contributed by atoms with van der Waals surface area (Å²) >= 11 is 0. The molecule has 0 spiro atoms. The van der Waals surface area contributed by atoms with E-state index < -0.39 is 12.1 Å². The van der Waals surface area contributed by atoms with Gasteiger partial charge in [0, 0.05) is 18.7 Å². The summed E-state index contributed by atoms with van der Waals surface area (Å²) in [7, 11) is 3.14. The Labute approximate surface area is 207 Å². The zero-order valence-corrected chi connectivity index (χ0v) is 20.9. The number of hydrogen-bond acceptors (Lipinski definition) is 5. The van der Waals surface area contributed by atoms with Crippen LogP contribution in [0.15, 0.2) is 48.5 Å². The van der Waals surface area contributed by atoms with Crippen LogP contribution in [0, 0.1) is 5.92 Å². The molecule has 0 aliphatic carbocycles. The van der Waals surface area contributed by atoms with Crippen molar-refractivity contribution in [3.63, 3.8) is 0 Å². The van der Waals surface area contributed by atoms with Gasteiger partial charge in [-0.25, -0.2) is 0 Å². The van der Waals surface area contributed by atoms with E-state index in [9.17, 15) is 14.4 Å². The third-order valence-corrected chi connectivity index (χ3v) is 6.17. The second-order valence-electron chi connectivity index (χ2n) is 9.11. The monoisotopic (exact) mass is 481 g/mol. The van der Waals surface area contributed by atoms with E-state index in [1.165, 1.54) is 0 Å². The van der Waals surface area contributed by atoms with Crippen molar-refractivity contribution in [3.8, 4) is 11.5 Å². The van der Waals surface area contributed by atoms with Crippen LogP contribution in [0.5, 0.6) is 11.5 Å². The maximum absolute atomic E-state index is 13.3. The number of hydrogen-bond donors (Lipinski definition) is 2. The van der Waals surface area contributed by atoms with Crippen molar-refractivity contribution in [1.29, 1.82) is 0 Å². The number of anilines is 1. The van der Waals surface area contributed by atoms with Crippen LogP contribution < -0.4 is 20.1 Å². The number of nitrogens with one attached hydrogen (secondary N) is 2. The van der Waals surface area contributed by atoms with Crippen LogP contribution in [0.3, 0.4) is 0 Å². The molecule has 1 aliphatic rings. The first-order valence-electron chi connectivity index (χ1n) is 12.0. The zero-order chi connectivity index (χ0) is 25.4. The first-order valence-corrected chi connectivity index (χ1v) is 12.0. The van der Waals surface area contributed by atoms with Crippen molar-refractivity contribution in [2.45, 2.75) is 51.6 Å². The molecule has 0 unspecified atom stereocenters. The first kappa shape index (κ1) is 26.1. The van der Waals surface area contributed by atoms with Gasteiger partial charge in [-0.1, -0.05) is 26.0 Å². The third-order valence-electron chi connectivity index (χ3n) is 6.17. The smallest absolute Gasteiger partial charge is 0.251 e. The van der Waals surface area contributed by atoms with Crippen molar-refractivity contribution in [2.75, 3.05) is 26.1 Å². The summed E-state index contributed by atoms with van der Waals surface area (Å²) in [5, 5.41) is 5.76. The summed E-state index contributed by atoms with van der Waals surface area (Å²) < 4.78 is 10.4. The van der Waals surface area contributed by atoms with E-state index in [2.05, 4.69) is 24.5 Å². The van der Waals surface area contributed by atoms with E-state index in [4.69, 9.17) is 9.47 Å². The standard InChI is InChI=1S/C27H35N3O5/c1-18(2)7-16-24(31)30-17-5-6-23(30)26(32)29-25(19-8-12-21(34-3)13-9-19)27(33)28-20-10-14-22(35-4)15-11-20/h8-15,18,23,25H,5-7,16-17H2,1-4H3,(H,28,33)(H,29,32)/t23-,25-/m0/s1. The highest BCUT2D eigenvalue weighted by molar-refractivity contribution is 5.99. The molecule has 0 aromatic heterocycles. The summed E-state index contributed by atoms with van der Waals surface area (Å²) in [4.78, 5) is 41.0. The molecule has 0 saturated carbocycles. The second-order valence-corrected chi connectivity index (χ2v) is 9.11. The Morgan fingerprint density at radius 3 is 2.14 bits per heavy atom. The van der Waals surface area contributed by atoms with E-state index in [-0.39, 0.29) is 17.7 Å². The molecule has 2 atom stereocenters. The molecule has 1 fully saturated rings. The van der Waals surface area contributed by atoms with Gasteiger partial charge in [-0.05, 0) is 67.1 Å². The van der Waals surface area contributed by atoms with E-state index in [1.807, 2.05) is 0 Å². The largest absolute Gasteiger partial charge is 0.497 e. The molecule has 35 heavy (non-hydrogen) atoms. The van der Waals surface area contributed by atoms with Crippen molar-refractivity contribution in [1.82, 2.24) is 10.2 Å². The molecule has 0 radical (unpaired) electrons. The Morgan fingerprint density at radius 2 is 1.57 bits per heavy atom. The number of carbonyl (C=O) groups is 3. The van der Waals surface area contributed by atoms with Crippen molar-refractivity contribution in [3.05, 3.63) is 54.1 Å². The van der Waals surface area contributed by atoms with Crippen LogP contribution in [-0.4, -0.2) is 49.4 Å². The zero-order valence-electron chi connectivity index (χ0n) is 20.9. The molecule has 1 aliphatic heterocycles. The number of rotatable bonds is 10. The van der Waals surface area contributed by atoms with Gasteiger partial charge >= 0.3 is 0 Å². The van der Waals surface area contributed by atoms with Crippen LogP contribution in [0.25, 0.3) is 0 Å². The van der Waals surface area contributed by atoms with Crippen LogP contribution in [0.4, 0.5) is 5.69 Å². The van der Waals surface area contributed by atoms with E-state index in [0.29, 0.717) is 48.1 Å². The summed E-state index contributed by atoms with van der Waals surface area (Å²) in [6.45, 7) is 4.70. The molecule has 0 bridgehead atoms. The molecule has 2 aromatic carbocycles. The highest BCUT2D eigenvalue weighted by Crippen LogP contribution is 2.24. The lowest BCUT2D eigenvalue weighted by molar-refractivity contribution is -0.139. The summed E-state index contributed by atoms with van der Waals surface area (Å²) in [5.41, 5.74) is 1.19. The third kappa shape index (κ3) is 6.97. The average Bonchev–Trinajstić information content (AvgIpc) is 3.36. The fraction of sp³-hybridized carbons (Fsp3) is 0.444. The highest BCUT2D eigenvalue weighted by Gasteiger charge is 2.36. The van der Waals surface area contributed by atoms with Gasteiger partial charge in [0.1, 0.15) is 23.6 Å². The van der Waals surface area contributed by atoms with Gasteiger partial charge in [0.25, 0.3) is 5.91 Å². The van der Waals surface area contributed by atoms with Gasteiger partial charge in [0.05, 0.1) is 14.2 Å². The van der Waals surface area contributed by atoms with Gasteiger partial charge in [-0.2, -0.15) is 0 Å². The molecule has 1 saturated heterocycles. The van der Waals surface area contributed by atoms with Crippen LogP contribution in [0.2, 0.25) is 0 Å². The lowest BCUT2D eigenvalue weighted by Crippen LogP contribution is -2.48. The van der Waals surface area contributed by atoms with Crippen LogP contribution in [-0.2, 0) is 14.4 Å². The number of carbonyl (C=O) groups excluding carboxylic acids is 3. The quantitative estimate of drug-likeness (QED) is 0.536. The predicted octanol–water partition coefficient (Wildman–Crippen LogP) is 3.93. The fourth-order valence-corrected chi connectivity index (χ4v) is 4.12. The predicted molar refractivity (Wildman–Crippen MR) is 134 cm³/mol. The first-order chi connectivity index (χ1) is 16.8. The second kappa shape index (κ2) is 12.2. The minimum absolute atomic E-state index is 0.0139. The Morgan fingerprint density at radius 1 is 0.971 bits per heavy atom. The lowest BCUT2D eigenvalue weighted by atomic mass is 10.0. The Hall–Kier alpha value is -3.55. The van der Waals surface area contributed by atoms with E-state index >= 15 is 0 Å². The average molecular weight is 482 g/mol. The lowest BCUT2D eigenvalue weighted by Gasteiger charge is -2.27. The molecular weight excluding hydrogens is 446 g/mol. The fourth-order valence-electron chi connectivity index (χ4n) is 4.12. The molecule has 1 heterocycles. The number of methoxy groups -OCH3 is 2. The maximum Gasteiger partial charge on any atom is 0.251 e. The number of likely N-dealkylation sites (tertiary alicyclic amines) is 1. The molecule has 2 N–H and O–H groups in total. The number of amides is 3. The maximum atomic E-state index is 13.3. The van der Waals surface area contributed by atoms with Crippen LogP contribution >= 0.6 is 0 Å². The van der Waals surface area contributed by atoms with Crippen molar-refractivity contribution < 1.29 is 23.9 Å². The summed E-state index contributed by atoms with van der Waals surface area (Å²) in [5.74, 6) is 1.00. The van der Waals surface area contributed by atoms with Gasteiger partial charge in [-0.15, -0.1) is 0 Å². The molecule has 3 amide bonds. The van der Waals surface area contributed by atoms with Gasteiger partial charge in [-0.3, -0.25) is 14.4 Å². The molecule has 8 heteroatoms. The Kier molecular flexibility index (Phi) is 9.11. The number of nitrogens with zero attached hydrogens (tertiary/aromatic N) is 1. The normalized spacial score (nSPS) is 16.0. The Bertz CT molecular complexity index is 1000. The summed E-state index contributed by atoms with van der Waals surface area (Å²) in [6, 6.07) is 12.4. The SMILES string of the molecule is COc1ccc(NC(=O)[C@@H](NC(=O)[C@@H]2CCCN2C(=O)CCC(C)C)c2ccc(OC)cc2)cc1. The summed E-state index contributed by atoms with van der Waals surface area (Å²) in [6.07, 6.45) is 2.54. The minimum atomic E-state index is -0.941. The van der Waals surface area contributed by atoms with Crippen molar-refractivity contribution in [2.24, 2.45) is 5.92 Å². The number of benzene rings is 2. The van der Waals surface area contributed by atoms with Gasteiger partial charge in [0.2, 0.25) is 11.8 Å². The molecule has 188 valence electrons. The van der Waals surface area contributed by atoms with Gasteiger partial charge in [0.15, 0.2) is 0 Å². The number of ether oxygens (including phenoxy) is 2. The van der Waals surface area contributed by atoms with E-state index in [0.717, 1.165) is 12.8 Å². The highest BCUT2D eigenvalue weighted by atomic mass is 16.5. The van der Waals surface area contributed by atoms with Crippen molar-refractivity contribution >= 4 is 23.4 Å². The molecule has 2 aromatic rings. The topological polar surface area (TPSA) is 97.0 Å². The van der Waals surface area contributed by atoms with Gasteiger partial charge < -0.3 is 25.0 Å².